The normalized spacial score (nSPS) is 11.6. The van der Waals surface area contributed by atoms with Crippen LogP contribution in [0.3, 0.4) is 0 Å². The molecule has 0 aromatic carbocycles. The summed E-state index contributed by atoms with van der Waals surface area (Å²) >= 11 is 8.40. The predicted octanol–water partition coefficient (Wildman–Crippen LogP) is 3.58. The van der Waals surface area contributed by atoms with Crippen LogP contribution in [0.2, 0.25) is 5.02 Å². The summed E-state index contributed by atoms with van der Waals surface area (Å²) in [5.41, 5.74) is -0.993. The number of anilines is 1. The first-order chi connectivity index (χ1) is 12.8. The van der Waals surface area contributed by atoms with Crippen molar-refractivity contribution < 1.29 is 18.0 Å². The van der Waals surface area contributed by atoms with Crippen molar-refractivity contribution in [3.05, 3.63) is 45.2 Å². The second-order valence-corrected chi connectivity index (χ2v) is 7.47. The van der Waals surface area contributed by atoms with E-state index >= 15 is 0 Å². The molecule has 0 spiro atoms. The molecule has 142 valence electrons. The monoisotopic (exact) mass is 434 g/mol. The molecule has 3 rings (SSSR count). The van der Waals surface area contributed by atoms with Crippen molar-refractivity contribution in [3.63, 3.8) is 0 Å². The molecule has 0 aliphatic heterocycles. The van der Waals surface area contributed by atoms with Crippen molar-refractivity contribution in [2.24, 2.45) is 0 Å². The van der Waals surface area contributed by atoms with Gasteiger partial charge in [0.05, 0.1) is 22.9 Å². The number of pyridine rings is 1. The highest BCUT2D eigenvalue weighted by Gasteiger charge is 2.31. The number of carbonyl (C=O) groups excluding carboxylic acids is 1. The lowest BCUT2D eigenvalue weighted by Crippen LogP contribution is -2.16. The lowest BCUT2D eigenvalue weighted by molar-refractivity contribution is -0.137. The summed E-state index contributed by atoms with van der Waals surface area (Å²) in [6.45, 7) is 0.473. The molecule has 0 atom stereocenters. The highest BCUT2D eigenvalue weighted by molar-refractivity contribution is 7.99. The van der Waals surface area contributed by atoms with E-state index < -0.39 is 17.6 Å². The SMILES string of the molecule is O=C(CSc1nnnn1Cc1cccs1)Nc1ncc(C(F)(F)F)cc1Cl. The highest BCUT2D eigenvalue weighted by atomic mass is 35.5. The topological polar surface area (TPSA) is 85.6 Å². The summed E-state index contributed by atoms with van der Waals surface area (Å²) in [6.07, 6.45) is -3.95. The molecule has 3 aromatic heterocycles. The Morgan fingerprint density at radius 1 is 1.41 bits per heavy atom. The molecule has 3 aromatic rings. The molecule has 1 N–H and O–H groups in total. The van der Waals surface area contributed by atoms with Gasteiger partial charge in [0.1, 0.15) is 0 Å². The maximum Gasteiger partial charge on any atom is 0.417 e. The van der Waals surface area contributed by atoms with Crippen molar-refractivity contribution in [2.45, 2.75) is 17.9 Å². The Labute approximate surface area is 163 Å². The van der Waals surface area contributed by atoms with E-state index in [4.69, 9.17) is 11.6 Å². The molecule has 0 aliphatic rings. The van der Waals surface area contributed by atoms with E-state index in [1.54, 1.807) is 16.0 Å². The maximum absolute atomic E-state index is 12.6. The second-order valence-electron chi connectivity index (χ2n) is 5.09. The summed E-state index contributed by atoms with van der Waals surface area (Å²) < 4.78 is 39.4. The van der Waals surface area contributed by atoms with Crippen LogP contribution in [-0.2, 0) is 17.5 Å². The molecule has 0 saturated carbocycles. The number of nitrogens with one attached hydrogen (secondary N) is 1. The zero-order valence-corrected chi connectivity index (χ0v) is 15.7. The minimum atomic E-state index is -4.56. The van der Waals surface area contributed by atoms with Gasteiger partial charge in [0.15, 0.2) is 5.82 Å². The highest BCUT2D eigenvalue weighted by Crippen LogP contribution is 2.32. The Morgan fingerprint density at radius 3 is 2.89 bits per heavy atom. The zero-order chi connectivity index (χ0) is 19.4. The van der Waals surface area contributed by atoms with E-state index in [1.165, 1.54) is 0 Å². The van der Waals surface area contributed by atoms with Crippen LogP contribution in [0.4, 0.5) is 19.0 Å². The van der Waals surface area contributed by atoms with Gasteiger partial charge in [-0.2, -0.15) is 13.2 Å². The summed E-state index contributed by atoms with van der Waals surface area (Å²) in [4.78, 5) is 16.7. The summed E-state index contributed by atoms with van der Waals surface area (Å²) in [7, 11) is 0. The van der Waals surface area contributed by atoms with Gasteiger partial charge in [-0.25, -0.2) is 9.67 Å². The molecule has 0 saturated heterocycles. The van der Waals surface area contributed by atoms with Crippen molar-refractivity contribution in [1.29, 1.82) is 0 Å². The maximum atomic E-state index is 12.6. The number of alkyl halides is 3. The fraction of sp³-hybridized carbons (Fsp3) is 0.214. The lowest BCUT2D eigenvalue weighted by atomic mass is 10.3. The number of nitrogens with zero attached hydrogens (tertiary/aromatic N) is 5. The molecule has 0 fully saturated rings. The molecule has 0 radical (unpaired) electrons. The van der Waals surface area contributed by atoms with Gasteiger partial charge in [0, 0.05) is 11.1 Å². The lowest BCUT2D eigenvalue weighted by Gasteiger charge is -2.10. The van der Waals surface area contributed by atoms with Gasteiger partial charge in [-0.1, -0.05) is 29.4 Å². The number of carbonyl (C=O) groups is 1. The van der Waals surface area contributed by atoms with Crippen molar-refractivity contribution >= 4 is 46.4 Å². The Hall–Kier alpha value is -2.18. The summed E-state index contributed by atoms with van der Waals surface area (Å²) in [5.74, 6) is -0.711. The van der Waals surface area contributed by atoms with Gasteiger partial charge in [-0.15, -0.1) is 16.4 Å². The van der Waals surface area contributed by atoms with E-state index in [1.807, 2.05) is 17.5 Å². The van der Waals surface area contributed by atoms with Gasteiger partial charge in [0.2, 0.25) is 11.1 Å². The van der Waals surface area contributed by atoms with Gasteiger partial charge in [-0.3, -0.25) is 4.79 Å². The van der Waals surface area contributed by atoms with Crippen LogP contribution in [0.5, 0.6) is 0 Å². The van der Waals surface area contributed by atoms with Gasteiger partial charge >= 0.3 is 6.18 Å². The van der Waals surface area contributed by atoms with Gasteiger partial charge in [-0.05, 0) is 27.9 Å². The first-order valence-electron chi connectivity index (χ1n) is 7.27. The number of hydrogen-bond acceptors (Lipinski definition) is 7. The number of rotatable bonds is 6. The van der Waals surface area contributed by atoms with Crippen LogP contribution in [0.15, 0.2) is 34.9 Å². The molecule has 0 unspecified atom stereocenters. The largest absolute Gasteiger partial charge is 0.417 e. The quantitative estimate of drug-likeness (QED) is 0.597. The van der Waals surface area contributed by atoms with Gasteiger partial charge in [0.25, 0.3) is 0 Å². The number of halogens is 4. The third-order valence-corrected chi connectivity index (χ3v) is 5.25. The van der Waals surface area contributed by atoms with E-state index in [2.05, 4.69) is 25.8 Å². The Balaban J connectivity index is 1.59. The number of thioether (sulfide) groups is 1. The number of hydrogen-bond donors (Lipinski definition) is 1. The summed E-state index contributed by atoms with van der Waals surface area (Å²) in [6, 6.07) is 4.55. The Bertz CT molecular complexity index is 931. The first-order valence-corrected chi connectivity index (χ1v) is 9.51. The molecule has 27 heavy (non-hydrogen) atoms. The molecule has 1 amide bonds. The molecule has 7 nitrogen and oxygen atoms in total. The third kappa shape index (κ3) is 5.17. The van der Waals surface area contributed by atoms with Crippen LogP contribution < -0.4 is 5.32 Å². The van der Waals surface area contributed by atoms with E-state index in [0.29, 0.717) is 24.0 Å². The van der Waals surface area contributed by atoms with Crippen LogP contribution >= 0.6 is 34.7 Å². The molecule has 0 aliphatic carbocycles. The number of amides is 1. The average Bonchev–Trinajstić information content (AvgIpc) is 3.26. The number of tetrazole rings is 1. The molecular weight excluding hydrogens is 425 g/mol. The summed E-state index contributed by atoms with van der Waals surface area (Å²) in [5, 5.41) is 15.7. The first kappa shape index (κ1) is 19.6. The molecule has 0 bridgehead atoms. The van der Waals surface area contributed by atoms with Gasteiger partial charge < -0.3 is 5.32 Å². The minimum Gasteiger partial charge on any atom is -0.309 e. The third-order valence-electron chi connectivity index (χ3n) is 3.14. The zero-order valence-electron chi connectivity index (χ0n) is 13.3. The van der Waals surface area contributed by atoms with Crippen molar-refractivity contribution in [1.82, 2.24) is 25.2 Å². The Kier molecular flexibility index (Phi) is 5.97. The Morgan fingerprint density at radius 2 is 2.22 bits per heavy atom. The smallest absolute Gasteiger partial charge is 0.309 e. The van der Waals surface area contributed by atoms with E-state index in [9.17, 15) is 18.0 Å². The fourth-order valence-electron chi connectivity index (χ4n) is 1.93. The number of aromatic nitrogens is 5. The van der Waals surface area contributed by atoms with E-state index in [-0.39, 0.29) is 16.6 Å². The average molecular weight is 435 g/mol. The van der Waals surface area contributed by atoms with Crippen LogP contribution in [-0.4, -0.2) is 36.9 Å². The standard InChI is InChI=1S/C14H10ClF3N6OS2/c15-10-4-8(14(16,17)18)5-19-12(10)20-11(25)7-27-13-21-22-23-24(13)6-9-2-1-3-26-9/h1-5H,6-7H2,(H,19,20,25). The molecule has 3 heterocycles. The number of thiophene rings is 1. The molecule has 13 heteroatoms. The van der Waals surface area contributed by atoms with E-state index in [0.717, 1.165) is 16.6 Å². The second kappa shape index (κ2) is 8.23. The van der Waals surface area contributed by atoms with Crippen LogP contribution in [0.1, 0.15) is 10.4 Å². The van der Waals surface area contributed by atoms with Crippen molar-refractivity contribution in [3.8, 4) is 0 Å². The predicted molar refractivity (Wildman–Crippen MR) is 94.8 cm³/mol. The van der Waals surface area contributed by atoms with Crippen molar-refractivity contribution in [2.75, 3.05) is 11.1 Å². The van der Waals surface area contributed by atoms with Crippen LogP contribution in [0, 0.1) is 0 Å². The van der Waals surface area contributed by atoms with Crippen LogP contribution in [0.25, 0.3) is 0 Å². The minimum absolute atomic E-state index is 0.0656. The fourth-order valence-corrected chi connectivity index (χ4v) is 3.51. The molecular formula is C14H10ClF3N6OS2.